The maximum absolute atomic E-state index is 4.75. The van der Waals surface area contributed by atoms with Crippen LogP contribution in [-0.4, -0.2) is 23.0 Å². The van der Waals surface area contributed by atoms with E-state index in [1.165, 1.54) is 43.0 Å². The second-order valence-corrected chi connectivity index (χ2v) is 5.14. The highest BCUT2D eigenvalue weighted by molar-refractivity contribution is 8.13. The molecule has 2 nitrogen and oxygen atoms in total. The van der Waals surface area contributed by atoms with Crippen molar-refractivity contribution in [3.05, 3.63) is 0 Å². The van der Waals surface area contributed by atoms with Crippen LogP contribution in [0.3, 0.4) is 0 Å². The molecular weight excluding hydrogens is 180 g/mol. The van der Waals surface area contributed by atoms with Crippen LogP contribution in [0.1, 0.15) is 39.0 Å². The lowest BCUT2D eigenvalue weighted by atomic mass is 10.2. The van der Waals surface area contributed by atoms with Gasteiger partial charge < -0.3 is 5.32 Å². The average Bonchev–Trinajstić information content (AvgIpc) is 2.57. The monoisotopic (exact) mass is 198 g/mol. The summed E-state index contributed by atoms with van der Waals surface area (Å²) >= 11 is 1.89. The van der Waals surface area contributed by atoms with Gasteiger partial charge in [-0.05, 0) is 26.2 Å². The number of thioether (sulfide) groups is 1. The number of amidine groups is 1. The second kappa shape index (κ2) is 4.36. The van der Waals surface area contributed by atoms with Gasteiger partial charge in [-0.25, -0.2) is 0 Å². The summed E-state index contributed by atoms with van der Waals surface area (Å²) in [6.07, 6.45) is 6.64. The molecular formula is C10H18N2S. The van der Waals surface area contributed by atoms with Crippen LogP contribution >= 0.6 is 11.8 Å². The quantitative estimate of drug-likeness (QED) is 0.699. The van der Waals surface area contributed by atoms with Gasteiger partial charge in [0.05, 0.1) is 6.04 Å². The van der Waals surface area contributed by atoms with Gasteiger partial charge in [-0.15, -0.1) is 0 Å². The standard InChI is InChI=1S/C10H18N2S/c1-8-6-7-13-10(11-8)12-9-4-2-3-5-9/h8-9H,2-7H2,1H3,(H,11,12). The maximum Gasteiger partial charge on any atom is 0.157 e. The smallest absolute Gasteiger partial charge is 0.157 e. The molecule has 1 saturated carbocycles. The van der Waals surface area contributed by atoms with Crippen molar-refractivity contribution in [2.45, 2.75) is 51.1 Å². The minimum atomic E-state index is 0.625. The molecule has 74 valence electrons. The number of rotatable bonds is 1. The van der Waals surface area contributed by atoms with Crippen molar-refractivity contribution in [2.75, 3.05) is 5.75 Å². The second-order valence-electron chi connectivity index (χ2n) is 4.06. The first kappa shape index (κ1) is 9.38. The van der Waals surface area contributed by atoms with Crippen LogP contribution in [0.2, 0.25) is 0 Å². The average molecular weight is 198 g/mol. The van der Waals surface area contributed by atoms with Gasteiger partial charge in [-0.3, -0.25) is 4.99 Å². The third-order valence-corrected chi connectivity index (χ3v) is 3.72. The third kappa shape index (κ3) is 2.63. The van der Waals surface area contributed by atoms with Crippen molar-refractivity contribution < 1.29 is 0 Å². The Kier molecular flexibility index (Phi) is 3.14. The molecule has 1 atom stereocenters. The molecule has 0 aromatic carbocycles. The van der Waals surface area contributed by atoms with Crippen molar-refractivity contribution in [2.24, 2.45) is 4.99 Å². The van der Waals surface area contributed by atoms with Gasteiger partial charge in [-0.2, -0.15) is 0 Å². The summed E-state index contributed by atoms with van der Waals surface area (Å²) in [6, 6.07) is 1.25. The maximum atomic E-state index is 4.75. The van der Waals surface area contributed by atoms with Crippen molar-refractivity contribution in [3.8, 4) is 0 Å². The van der Waals surface area contributed by atoms with Crippen molar-refractivity contribution >= 4 is 16.9 Å². The van der Waals surface area contributed by atoms with Gasteiger partial charge in [-0.1, -0.05) is 24.6 Å². The molecule has 0 bridgehead atoms. The Bertz CT molecular complexity index is 197. The molecule has 2 aliphatic rings. The van der Waals surface area contributed by atoms with Crippen LogP contribution in [0.15, 0.2) is 4.99 Å². The summed E-state index contributed by atoms with van der Waals surface area (Å²) in [6.45, 7) is 2.24. The highest BCUT2D eigenvalue weighted by Gasteiger charge is 2.17. The first-order valence-electron chi connectivity index (χ1n) is 5.32. The van der Waals surface area contributed by atoms with Gasteiger partial charge in [0.1, 0.15) is 0 Å². The number of aliphatic imine (C=N–C) groups is 1. The third-order valence-electron chi connectivity index (χ3n) is 2.78. The fraction of sp³-hybridized carbons (Fsp3) is 0.900. The lowest BCUT2D eigenvalue weighted by Crippen LogP contribution is -2.36. The zero-order chi connectivity index (χ0) is 9.10. The molecule has 0 aromatic rings. The Morgan fingerprint density at radius 3 is 2.77 bits per heavy atom. The predicted octanol–water partition coefficient (Wildman–Crippen LogP) is 2.40. The number of nitrogens with zero attached hydrogens (tertiary/aromatic N) is 1. The Morgan fingerprint density at radius 2 is 2.08 bits per heavy atom. The Hall–Kier alpha value is -0.180. The van der Waals surface area contributed by atoms with Crippen LogP contribution < -0.4 is 5.32 Å². The highest BCUT2D eigenvalue weighted by atomic mass is 32.2. The van der Waals surface area contributed by atoms with Crippen LogP contribution in [-0.2, 0) is 0 Å². The summed E-state index contributed by atoms with van der Waals surface area (Å²) in [5, 5.41) is 4.66. The SMILES string of the molecule is CC1CCSC(=NC2CCCC2)N1. The number of hydrogen-bond donors (Lipinski definition) is 1. The molecule has 1 unspecified atom stereocenters. The van der Waals surface area contributed by atoms with E-state index in [0.717, 1.165) is 0 Å². The summed E-state index contributed by atoms with van der Waals surface area (Å²) in [5.41, 5.74) is 0. The molecule has 2 fully saturated rings. The largest absolute Gasteiger partial charge is 0.362 e. The molecule has 0 aromatic heterocycles. The van der Waals surface area contributed by atoms with Crippen LogP contribution in [0, 0.1) is 0 Å². The minimum absolute atomic E-state index is 0.625. The van der Waals surface area contributed by atoms with Crippen LogP contribution in [0.5, 0.6) is 0 Å². The Balaban J connectivity index is 1.90. The molecule has 0 radical (unpaired) electrons. The fourth-order valence-corrected chi connectivity index (χ4v) is 3.10. The van der Waals surface area contributed by atoms with E-state index in [1.54, 1.807) is 0 Å². The van der Waals surface area contributed by atoms with E-state index in [-0.39, 0.29) is 0 Å². The molecule has 0 spiro atoms. The molecule has 1 saturated heterocycles. The lowest BCUT2D eigenvalue weighted by molar-refractivity contribution is 0.631. The molecule has 13 heavy (non-hydrogen) atoms. The van der Waals surface area contributed by atoms with Crippen molar-refractivity contribution in [1.29, 1.82) is 0 Å². The minimum Gasteiger partial charge on any atom is -0.362 e. The predicted molar refractivity (Wildman–Crippen MR) is 59.4 cm³/mol. The van der Waals surface area contributed by atoms with Gasteiger partial charge in [0.2, 0.25) is 0 Å². The first-order valence-corrected chi connectivity index (χ1v) is 6.30. The topological polar surface area (TPSA) is 24.4 Å². The van der Waals surface area contributed by atoms with Crippen molar-refractivity contribution in [3.63, 3.8) is 0 Å². The molecule has 0 amide bonds. The molecule has 1 heterocycles. The molecule has 1 aliphatic heterocycles. The van der Waals surface area contributed by atoms with E-state index >= 15 is 0 Å². The fourth-order valence-electron chi connectivity index (χ4n) is 1.93. The first-order chi connectivity index (χ1) is 6.34. The van der Waals surface area contributed by atoms with E-state index in [9.17, 15) is 0 Å². The van der Waals surface area contributed by atoms with E-state index in [2.05, 4.69) is 12.2 Å². The highest BCUT2D eigenvalue weighted by Crippen LogP contribution is 2.23. The van der Waals surface area contributed by atoms with E-state index < -0.39 is 0 Å². The van der Waals surface area contributed by atoms with E-state index in [1.807, 2.05) is 11.8 Å². The van der Waals surface area contributed by atoms with Gasteiger partial charge in [0, 0.05) is 11.8 Å². The lowest BCUT2D eigenvalue weighted by Gasteiger charge is -2.22. The molecule has 3 heteroatoms. The number of hydrogen-bond acceptors (Lipinski definition) is 2. The summed E-state index contributed by atoms with van der Waals surface area (Å²) in [5.74, 6) is 1.24. The molecule has 2 rings (SSSR count). The van der Waals surface area contributed by atoms with Crippen LogP contribution in [0.4, 0.5) is 0 Å². The van der Waals surface area contributed by atoms with E-state index in [4.69, 9.17) is 4.99 Å². The van der Waals surface area contributed by atoms with Gasteiger partial charge >= 0.3 is 0 Å². The van der Waals surface area contributed by atoms with Crippen LogP contribution in [0.25, 0.3) is 0 Å². The summed E-state index contributed by atoms with van der Waals surface area (Å²) in [4.78, 5) is 4.75. The number of nitrogens with one attached hydrogen (secondary N) is 1. The van der Waals surface area contributed by atoms with Gasteiger partial charge in [0.25, 0.3) is 0 Å². The zero-order valence-electron chi connectivity index (χ0n) is 8.25. The molecule has 1 aliphatic carbocycles. The molecule has 1 N–H and O–H groups in total. The normalized spacial score (nSPS) is 33.6. The zero-order valence-corrected chi connectivity index (χ0v) is 9.07. The van der Waals surface area contributed by atoms with Gasteiger partial charge in [0.15, 0.2) is 5.17 Å². The Labute approximate surface area is 84.6 Å². The van der Waals surface area contributed by atoms with Crippen molar-refractivity contribution in [1.82, 2.24) is 5.32 Å². The summed E-state index contributed by atoms with van der Waals surface area (Å²) < 4.78 is 0. The van der Waals surface area contributed by atoms with E-state index in [0.29, 0.717) is 12.1 Å². The summed E-state index contributed by atoms with van der Waals surface area (Å²) in [7, 11) is 0. The Morgan fingerprint density at radius 1 is 1.31 bits per heavy atom.